The van der Waals surface area contributed by atoms with E-state index in [-0.39, 0.29) is 0 Å². The van der Waals surface area contributed by atoms with E-state index in [1.807, 2.05) is 0 Å². The molecule has 2 rings (SSSR count). The van der Waals surface area contributed by atoms with Crippen molar-refractivity contribution in [2.75, 3.05) is 13.2 Å². The predicted molar refractivity (Wildman–Crippen MR) is 65.5 cm³/mol. The van der Waals surface area contributed by atoms with Gasteiger partial charge in [0.1, 0.15) is 18.9 Å². The van der Waals surface area contributed by atoms with Gasteiger partial charge in [-0.1, -0.05) is 31.4 Å². The van der Waals surface area contributed by atoms with Crippen molar-refractivity contribution in [3.63, 3.8) is 0 Å². The van der Waals surface area contributed by atoms with E-state index in [1.165, 1.54) is 37.7 Å². The monoisotopic (exact) mass is 220 g/mol. The molecule has 2 heteroatoms. The van der Waals surface area contributed by atoms with Crippen molar-refractivity contribution in [2.45, 2.75) is 38.0 Å². The lowest BCUT2D eigenvalue weighted by Gasteiger charge is -2.22. The van der Waals surface area contributed by atoms with Gasteiger partial charge in [-0.05, 0) is 36.5 Å². The molecule has 0 spiro atoms. The van der Waals surface area contributed by atoms with E-state index in [1.54, 1.807) is 0 Å². The van der Waals surface area contributed by atoms with Gasteiger partial charge in [0.15, 0.2) is 0 Å². The summed E-state index contributed by atoms with van der Waals surface area (Å²) < 4.78 is 5.53. The number of quaternary nitrogens is 1. The zero-order chi connectivity index (χ0) is 11.2. The molecule has 0 atom stereocenters. The van der Waals surface area contributed by atoms with Gasteiger partial charge in [-0.15, -0.1) is 0 Å². The van der Waals surface area contributed by atoms with Gasteiger partial charge in [0.25, 0.3) is 0 Å². The number of hydrogen-bond acceptors (Lipinski definition) is 1. The number of benzene rings is 1. The summed E-state index contributed by atoms with van der Waals surface area (Å²) in [6.45, 7) is 1.53. The van der Waals surface area contributed by atoms with Gasteiger partial charge in [0, 0.05) is 0 Å². The number of rotatable bonds is 4. The average molecular weight is 220 g/mol. The van der Waals surface area contributed by atoms with E-state index in [2.05, 4.69) is 30.0 Å². The summed E-state index contributed by atoms with van der Waals surface area (Å²) >= 11 is 0. The van der Waals surface area contributed by atoms with Crippen molar-refractivity contribution >= 4 is 0 Å². The highest BCUT2D eigenvalue weighted by atomic mass is 16.5. The second kappa shape index (κ2) is 5.90. The molecule has 0 saturated heterocycles. The van der Waals surface area contributed by atoms with E-state index >= 15 is 0 Å². The standard InChI is InChI=1S/C14H21NO/c15-10-11-16-14-8-6-13(7-9-14)12-4-2-1-3-5-12/h6-9,12H,1-5,10-11,15H2/p+1. The molecular formula is C14H22NO+. The Labute approximate surface area is 97.8 Å². The molecule has 0 aliphatic heterocycles. The van der Waals surface area contributed by atoms with Crippen LogP contribution in [0.25, 0.3) is 0 Å². The predicted octanol–water partition coefficient (Wildman–Crippen LogP) is 2.36. The van der Waals surface area contributed by atoms with Gasteiger partial charge in [-0.25, -0.2) is 0 Å². The zero-order valence-electron chi connectivity index (χ0n) is 9.95. The molecule has 1 aliphatic rings. The molecule has 88 valence electrons. The molecule has 1 saturated carbocycles. The van der Waals surface area contributed by atoms with Gasteiger partial charge < -0.3 is 10.5 Å². The SMILES string of the molecule is [NH3+]CCOc1ccc(C2CCCCC2)cc1. The molecule has 0 radical (unpaired) electrons. The van der Waals surface area contributed by atoms with E-state index in [9.17, 15) is 0 Å². The quantitative estimate of drug-likeness (QED) is 0.831. The molecule has 1 aromatic rings. The maximum Gasteiger partial charge on any atom is 0.137 e. The number of hydrogen-bond donors (Lipinski definition) is 1. The highest BCUT2D eigenvalue weighted by Crippen LogP contribution is 2.33. The highest BCUT2D eigenvalue weighted by Gasteiger charge is 2.14. The van der Waals surface area contributed by atoms with Crippen molar-refractivity contribution in [3.8, 4) is 5.75 Å². The first-order chi connectivity index (χ1) is 7.90. The summed E-state index contributed by atoms with van der Waals surface area (Å²) in [6, 6.07) is 8.65. The minimum Gasteiger partial charge on any atom is -0.488 e. The van der Waals surface area contributed by atoms with E-state index in [0.29, 0.717) is 6.61 Å². The summed E-state index contributed by atoms with van der Waals surface area (Å²) in [5.41, 5.74) is 5.25. The van der Waals surface area contributed by atoms with E-state index < -0.39 is 0 Å². The fourth-order valence-corrected chi connectivity index (χ4v) is 2.46. The van der Waals surface area contributed by atoms with E-state index in [4.69, 9.17) is 4.74 Å². The molecule has 3 N–H and O–H groups in total. The minimum atomic E-state index is 0.711. The minimum absolute atomic E-state index is 0.711. The Kier molecular flexibility index (Phi) is 4.23. The average Bonchev–Trinajstić information content (AvgIpc) is 2.38. The van der Waals surface area contributed by atoms with Gasteiger partial charge in [0.2, 0.25) is 0 Å². The Balaban J connectivity index is 1.95. The summed E-state index contributed by atoms with van der Waals surface area (Å²) in [6.07, 6.45) is 6.92. The zero-order valence-corrected chi connectivity index (χ0v) is 9.95. The van der Waals surface area contributed by atoms with Crippen molar-refractivity contribution < 1.29 is 10.5 Å². The van der Waals surface area contributed by atoms with Crippen LogP contribution < -0.4 is 10.5 Å². The summed E-state index contributed by atoms with van der Waals surface area (Å²) in [4.78, 5) is 0. The Morgan fingerprint density at radius 3 is 2.38 bits per heavy atom. The Hall–Kier alpha value is -1.02. The molecule has 1 fully saturated rings. The van der Waals surface area contributed by atoms with Crippen molar-refractivity contribution in [3.05, 3.63) is 29.8 Å². The maximum absolute atomic E-state index is 5.53. The van der Waals surface area contributed by atoms with Crippen LogP contribution in [0.4, 0.5) is 0 Å². The second-order valence-electron chi connectivity index (χ2n) is 4.61. The van der Waals surface area contributed by atoms with Crippen LogP contribution in [0.3, 0.4) is 0 Å². The van der Waals surface area contributed by atoms with Gasteiger partial charge in [0.05, 0.1) is 0 Å². The van der Waals surface area contributed by atoms with Crippen LogP contribution in [0.1, 0.15) is 43.6 Å². The van der Waals surface area contributed by atoms with Crippen LogP contribution in [0.2, 0.25) is 0 Å². The summed E-state index contributed by atoms with van der Waals surface area (Å²) in [5, 5.41) is 0. The lowest BCUT2D eigenvalue weighted by atomic mass is 9.84. The maximum atomic E-state index is 5.53. The largest absolute Gasteiger partial charge is 0.488 e. The first kappa shape index (κ1) is 11.5. The topological polar surface area (TPSA) is 36.9 Å². The van der Waals surface area contributed by atoms with Crippen LogP contribution in [-0.4, -0.2) is 13.2 Å². The van der Waals surface area contributed by atoms with Crippen LogP contribution in [0.15, 0.2) is 24.3 Å². The third-order valence-corrected chi connectivity index (χ3v) is 3.37. The van der Waals surface area contributed by atoms with Crippen LogP contribution in [0, 0.1) is 0 Å². The molecule has 0 heterocycles. The third-order valence-electron chi connectivity index (χ3n) is 3.37. The smallest absolute Gasteiger partial charge is 0.137 e. The summed E-state index contributed by atoms with van der Waals surface area (Å²) in [7, 11) is 0. The van der Waals surface area contributed by atoms with Crippen molar-refractivity contribution in [1.82, 2.24) is 0 Å². The molecule has 0 amide bonds. The molecule has 0 bridgehead atoms. The van der Waals surface area contributed by atoms with Gasteiger partial charge in [-0.2, -0.15) is 0 Å². The van der Waals surface area contributed by atoms with Crippen LogP contribution in [-0.2, 0) is 0 Å². The number of ether oxygens (including phenoxy) is 1. The Morgan fingerprint density at radius 2 is 1.75 bits per heavy atom. The van der Waals surface area contributed by atoms with Crippen molar-refractivity contribution in [2.24, 2.45) is 0 Å². The first-order valence-electron chi connectivity index (χ1n) is 6.42. The highest BCUT2D eigenvalue weighted by molar-refractivity contribution is 5.29. The van der Waals surface area contributed by atoms with Gasteiger partial charge >= 0.3 is 0 Å². The molecule has 1 aliphatic carbocycles. The lowest BCUT2D eigenvalue weighted by Crippen LogP contribution is -2.52. The first-order valence-corrected chi connectivity index (χ1v) is 6.42. The lowest BCUT2D eigenvalue weighted by molar-refractivity contribution is -0.370. The second-order valence-corrected chi connectivity index (χ2v) is 4.61. The van der Waals surface area contributed by atoms with Crippen molar-refractivity contribution in [1.29, 1.82) is 0 Å². The van der Waals surface area contributed by atoms with Gasteiger partial charge in [-0.3, -0.25) is 0 Å². The van der Waals surface area contributed by atoms with Crippen LogP contribution >= 0.6 is 0 Å². The summed E-state index contributed by atoms with van der Waals surface area (Å²) in [5.74, 6) is 1.76. The molecule has 0 aromatic heterocycles. The van der Waals surface area contributed by atoms with Crippen LogP contribution in [0.5, 0.6) is 5.75 Å². The molecule has 0 unspecified atom stereocenters. The molecule has 16 heavy (non-hydrogen) atoms. The normalized spacial score (nSPS) is 17.3. The molecule has 1 aromatic carbocycles. The molecule has 2 nitrogen and oxygen atoms in total. The fourth-order valence-electron chi connectivity index (χ4n) is 2.46. The Morgan fingerprint density at radius 1 is 1.06 bits per heavy atom. The Bertz CT molecular complexity index is 301. The fraction of sp³-hybridized carbons (Fsp3) is 0.571. The third kappa shape index (κ3) is 2.99. The van der Waals surface area contributed by atoms with E-state index in [0.717, 1.165) is 18.2 Å². The molecular weight excluding hydrogens is 198 g/mol.